The summed E-state index contributed by atoms with van der Waals surface area (Å²) in [6, 6.07) is 43.9. The Balaban J connectivity index is 1.06. The van der Waals surface area contributed by atoms with Crippen LogP contribution in [0.2, 0.25) is 0 Å². The molecule has 7 heterocycles. The SMILES string of the molecule is Cc1ccc(-c2c3nc(c(-c4ccc(C)cc4)c4ccc([nH]4)c(-c4ccc(C(=O)OC(Cn5cncn5)(Cn5cncn5)c5ccc(F)cc5F)cc4)c4nc(c(-c5ccc(C)cc5)c5ccc2[nH]5)C=C4)C=C3)cc1. The van der Waals surface area contributed by atoms with Gasteiger partial charge in [0.05, 0.1) is 41.4 Å². The molecule has 2 N–H and O–H groups in total. The normalized spacial score (nSPS) is 12.1. The molecule has 0 aliphatic carbocycles. The zero-order valence-electron chi connectivity index (χ0n) is 41.0. The number of carbonyl (C=O) groups is 1. The second-order valence-corrected chi connectivity index (χ2v) is 18.9. The van der Waals surface area contributed by atoms with Crippen molar-refractivity contribution in [1.29, 1.82) is 0 Å². The summed E-state index contributed by atoms with van der Waals surface area (Å²) in [4.78, 5) is 41.2. The van der Waals surface area contributed by atoms with Crippen LogP contribution in [0, 0.1) is 32.4 Å². The van der Waals surface area contributed by atoms with Crippen LogP contribution in [0.25, 0.3) is 90.9 Å². The fraction of sp³-hybridized carbons (Fsp3) is 0.0984. The number of halogens is 2. The number of aromatic nitrogens is 10. The molecule has 8 bridgehead atoms. The predicted octanol–water partition coefficient (Wildman–Crippen LogP) is 13.2. The van der Waals surface area contributed by atoms with E-state index in [4.69, 9.17) is 14.7 Å². The van der Waals surface area contributed by atoms with Gasteiger partial charge in [-0.3, -0.25) is 0 Å². The van der Waals surface area contributed by atoms with Crippen LogP contribution in [0.4, 0.5) is 8.78 Å². The van der Waals surface area contributed by atoms with Crippen LogP contribution in [0.1, 0.15) is 55.4 Å². The molecule has 0 fully saturated rings. The highest BCUT2D eigenvalue weighted by Crippen LogP contribution is 2.40. The lowest BCUT2D eigenvalue weighted by molar-refractivity contribution is -0.0464. The third-order valence-corrected chi connectivity index (χ3v) is 13.7. The number of aromatic amines is 2. The van der Waals surface area contributed by atoms with Crippen LogP contribution < -0.4 is 0 Å². The smallest absolute Gasteiger partial charge is 0.339 e. The molecule has 0 unspecified atom stereocenters. The highest BCUT2D eigenvalue weighted by atomic mass is 19.1. The van der Waals surface area contributed by atoms with E-state index in [9.17, 15) is 9.18 Å². The van der Waals surface area contributed by atoms with Gasteiger partial charge in [-0.15, -0.1) is 0 Å². The summed E-state index contributed by atoms with van der Waals surface area (Å²) >= 11 is 0. The topological polar surface area (TPSA) is 145 Å². The molecule has 0 amide bonds. The van der Waals surface area contributed by atoms with E-state index in [-0.39, 0.29) is 24.2 Å². The van der Waals surface area contributed by atoms with Gasteiger partial charge in [-0.2, -0.15) is 10.2 Å². The van der Waals surface area contributed by atoms with Crippen molar-refractivity contribution in [1.82, 2.24) is 49.5 Å². The van der Waals surface area contributed by atoms with Crippen molar-refractivity contribution in [2.45, 2.75) is 39.5 Å². The Morgan fingerprint density at radius 1 is 0.507 bits per heavy atom. The third kappa shape index (κ3) is 9.03. The summed E-state index contributed by atoms with van der Waals surface area (Å²) in [5.41, 5.74) is 15.5. The van der Waals surface area contributed by atoms with Crippen LogP contribution in [0.15, 0.2) is 165 Å². The summed E-state index contributed by atoms with van der Waals surface area (Å²) in [6.07, 6.45) is 13.7. The number of ether oxygens (including phenoxy) is 1. The maximum absolute atomic E-state index is 16.0. The summed E-state index contributed by atoms with van der Waals surface area (Å²) in [7, 11) is 0. The van der Waals surface area contributed by atoms with Gasteiger partial charge in [0.1, 0.15) is 36.9 Å². The highest BCUT2D eigenvalue weighted by molar-refractivity contribution is 6.00. The van der Waals surface area contributed by atoms with Gasteiger partial charge in [-0.05, 0) is 116 Å². The van der Waals surface area contributed by atoms with Gasteiger partial charge in [0.2, 0.25) is 0 Å². The standard InChI is InChI=1S/C61H46F2N10O2/c1-37-4-10-40(11-5-37)56-48-22-24-50(68-48)57(41-12-6-38(2)7-13-41)52-26-28-54(70-52)59(55-29-27-53(71-55)58(51-25-23-49(56)69-51)42-14-8-39(3)9-15-42)43-16-18-44(19-17-43)60(74)75-61(31-72-35-64-33-66-72,32-73-36-65-34-67-73)46-21-20-45(62)30-47(46)63/h4-30,33-36,68,71H,31-32H2,1-3H3. The molecule has 12 nitrogen and oxygen atoms in total. The van der Waals surface area contributed by atoms with Crippen molar-refractivity contribution in [3.63, 3.8) is 0 Å². The van der Waals surface area contributed by atoms with Crippen LogP contribution >= 0.6 is 0 Å². The number of rotatable bonds is 11. The zero-order chi connectivity index (χ0) is 51.2. The van der Waals surface area contributed by atoms with Gasteiger partial charge in [0, 0.05) is 56.0 Å². The molecule has 5 aromatic carbocycles. The van der Waals surface area contributed by atoms with Gasteiger partial charge in [-0.25, -0.2) is 42.9 Å². The molecule has 10 aromatic rings. The van der Waals surface area contributed by atoms with E-state index in [1.54, 1.807) is 12.1 Å². The molecule has 75 heavy (non-hydrogen) atoms. The minimum absolute atomic E-state index is 0.0840. The molecule has 14 heteroatoms. The molecule has 0 saturated carbocycles. The van der Waals surface area contributed by atoms with Crippen molar-refractivity contribution in [3.8, 4) is 44.5 Å². The number of benzene rings is 5. The Hall–Kier alpha value is -9.69. The maximum Gasteiger partial charge on any atom is 0.339 e. The van der Waals surface area contributed by atoms with Gasteiger partial charge in [-0.1, -0.05) is 102 Å². The number of nitrogens with zero attached hydrogens (tertiary/aromatic N) is 8. The van der Waals surface area contributed by atoms with Crippen molar-refractivity contribution >= 4 is 52.3 Å². The minimum Gasteiger partial charge on any atom is -0.446 e. The Morgan fingerprint density at radius 3 is 1.23 bits per heavy atom. The van der Waals surface area contributed by atoms with Crippen LogP contribution in [0.3, 0.4) is 0 Å². The first-order chi connectivity index (χ1) is 36.5. The number of hydrogen-bond acceptors (Lipinski definition) is 8. The number of aryl methyl sites for hydroxylation is 3. The minimum atomic E-state index is -1.79. The van der Waals surface area contributed by atoms with Gasteiger partial charge in [0.15, 0.2) is 5.60 Å². The number of hydrogen-bond donors (Lipinski definition) is 2. The molecule has 366 valence electrons. The number of esters is 1. The molecule has 0 saturated heterocycles. The van der Waals surface area contributed by atoms with Crippen molar-refractivity contribution in [3.05, 3.63) is 227 Å². The summed E-state index contributed by atoms with van der Waals surface area (Å²) < 4.78 is 39.6. The molecule has 5 aromatic heterocycles. The molecular weight excluding hydrogens is 943 g/mol. The number of fused-ring (bicyclic) bond motifs is 8. The molecular formula is C61H46F2N10O2. The molecule has 0 spiro atoms. The van der Waals surface area contributed by atoms with Crippen molar-refractivity contribution in [2.24, 2.45) is 0 Å². The first-order valence-electron chi connectivity index (χ1n) is 24.4. The van der Waals surface area contributed by atoms with E-state index in [1.807, 2.05) is 30.4 Å². The fourth-order valence-corrected chi connectivity index (χ4v) is 9.94. The summed E-state index contributed by atoms with van der Waals surface area (Å²) in [5, 5.41) is 8.48. The quantitative estimate of drug-likeness (QED) is 0.122. The molecule has 12 rings (SSSR count). The van der Waals surface area contributed by atoms with E-state index in [2.05, 4.69) is 154 Å². The van der Waals surface area contributed by atoms with Crippen molar-refractivity contribution < 1.29 is 18.3 Å². The van der Waals surface area contributed by atoms with Crippen LogP contribution in [0.5, 0.6) is 0 Å². The molecule has 2 aliphatic rings. The van der Waals surface area contributed by atoms with E-state index < -0.39 is 23.2 Å². The van der Waals surface area contributed by atoms with Crippen LogP contribution in [-0.2, 0) is 23.4 Å². The first kappa shape index (κ1) is 46.4. The average molecular weight is 989 g/mol. The highest BCUT2D eigenvalue weighted by Gasteiger charge is 2.41. The van der Waals surface area contributed by atoms with Crippen molar-refractivity contribution in [2.75, 3.05) is 0 Å². The Labute approximate surface area is 429 Å². The largest absolute Gasteiger partial charge is 0.446 e. The lowest BCUT2D eigenvalue weighted by Crippen LogP contribution is -2.42. The Kier molecular flexibility index (Phi) is 11.8. The van der Waals surface area contributed by atoms with Gasteiger partial charge >= 0.3 is 5.97 Å². The number of nitrogens with one attached hydrogen (secondary N) is 2. The van der Waals surface area contributed by atoms with E-state index in [0.29, 0.717) is 5.69 Å². The average Bonchev–Trinajstić information content (AvgIpc) is 4.29. The fourth-order valence-electron chi connectivity index (χ4n) is 9.94. The molecule has 2 aliphatic heterocycles. The number of H-pyrrole nitrogens is 2. The van der Waals surface area contributed by atoms with E-state index >= 15 is 4.39 Å². The zero-order valence-corrected chi connectivity index (χ0v) is 41.0. The maximum atomic E-state index is 16.0. The first-order valence-corrected chi connectivity index (χ1v) is 24.4. The Morgan fingerprint density at radius 2 is 0.880 bits per heavy atom. The summed E-state index contributed by atoms with van der Waals surface area (Å²) in [5.74, 6) is -2.47. The molecule has 0 atom stereocenters. The monoisotopic (exact) mass is 988 g/mol. The van der Waals surface area contributed by atoms with Gasteiger partial charge in [0.25, 0.3) is 0 Å². The van der Waals surface area contributed by atoms with Gasteiger partial charge < -0.3 is 14.7 Å². The van der Waals surface area contributed by atoms with Crippen LogP contribution in [-0.4, -0.2) is 55.4 Å². The summed E-state index contributed by atoms with van der Waals surface area (Å²) in [6.45, 7) is 5.86. The second-order valence-electron chi connectivity index (χ2n) is 18.9. The lowest BCUT2D eigenvalue weighted by atomic mass is 9.92. The van der Waals surface area contributed by atoms with E-state index in [1.165, 1.54) is 40.7 Å². The number of carbonyl (C=O) groups excluding carboxylic acids is 1. The second kappa shape index (κ2) is 19.1. The van der Waals surface area contributed by atoms with E-state index in [0.717, 1.165) is 112 Å². The lowest BCUT2D eigenvalue weighted by Gasteiger charge is -2.34. The third-order valence-electron chi connectivity index (χ3n) is 13.7. The predicted molar refractivity (Wildman–Crippen MR) is 288 cm³/mol. The Bertz CT molecular complexity index is 3950. The molecule has 0 radical (unpaired) electrons.